The van der Waals surface area contributed by atoms with Gasteiger partial charge in [-0.1, -0.05) is 19.9 Å². The van der Waals surface area contributed by atoms with Crippen molar-refractivity contribution in [3.8, 4) is 0 Å². The van der Waals surface area contributed by atoms with Gasteiger partial charge in [0.15, 0.2) is 5.78 Å². The summed E-state index contributed by atoms with van der Waals surface area (Å²) in [6, 6.07) is 0. The van der Waals surface area contributed by atoms with E-state index in [4.69, 9.17) is 0 Å². The second kappa shape index (κ2) is 3.78. The van der Waals surface area contributed by atoms with E-state index < -0.39 is 0 Å². The lowest BCUT2D eigenvalue weighted by molar-refractivity contribution is -0.118. The Morgan fingerprint density at radius 3 is 2.64 bits per heavy atom. The van der Waals surface area contributed by atoms with Gasteiger partial charge in [0.2, 0.25) is 5.91 Å². The van der Waals surface area contributed by atoms with Gasteiger partial charge in [-0.2, -0.15) is 0 Å². The second-order valence-electron chi connectivity index (χ2n) is 4.25. The first-order valence-electron chi connectivity index (χ1n) is 4.60. The average molecular weight is 193 g/mol. The summed E-state index contributed by atoms with van der Waals surface area (Å²) in [5.74, 6) is -0.0300. The largest absolute Gasteiger partial charge is 0.327 e. The summed E-state index contributed by atoms with van der Waals surface area (Å²) in [5, 5.41) is 2.68. The van der Waals surface area contributed by atoms with E-state index in [1.165, 1.54) is 13.0 Å². The van der Waals surface area contributed by atoms with Gasteiger partial charge >= 0.3 is 0 Å². The van der Waals surface area contributed by atoms with Crippen LogP contribution in [-0.2, 0) is 9.59 Å². The van der Waals surface area contributed by atoms with Crippen LogP contribution in [0.3, 0.4) is 0 Å². The average Bonchev–Trinajstić information content (AvgIpc) is 2.07. The molecular weight excluding hydrogens is 178 g/mol. The molecule has 3 nitrogen and oxygen atoms in total. The van der Waals surface area contributed by atoms with Gasteiger partial charge in [0.1, 0.15) is 0 Å². The fraction of sp³-hybridized carbons (Fsp3) is 0.455. The molecule has 0 aromatic carbocycles. The molecule has 1 amide bonds. The van der Waals surface area contributed by atoms with Crippen LogP contribution in [0.15, 0.2) is 23.9 Å². The minimum atomic E-state index is -0.196. The van der Waals surface area contributed by atoms with Crippen molar-refractivity contribution in [3.05, 3.63) is 23.9 Å². The SMILES string of the molecule is CC(=O)NC1=CC(C)(C)CC(=O)C=C1. The van der Waals surface area contributed by atoms with Crippen molar-refractivity contribution in [3.63, 3.8) is 0 Å². The number of nitrogens with one attached hydrogen (secondary N) is 1. The van der Waals surface area contributed by atoms with Crippen LogP contribution in [0.25, 0.3) is 0 Å². The molecule has 0 fully saturated rings. The molecule has 0 saturated heterocycles. The highest BCUT2D eigenvalue weighted by Gasteiger charge is 2.21. The van der Waals surface area contributed by atoms with E-state index >= 15 is 0 Å². The Kier molecular flexibility index (Phi) is 2.89. The molecule has 14 heavy (non-hydrogen) atoms. The summed E-state index contributed by atoms with van der Waals surface area (Å²) in [6.45, 7) is 5.40. The highest BCUT2D eigenvalue weighted by Crippen LogP contribution is 2.26. The Morgan fingerprint density at radius 2 is 2.07 bits per heavy atom. The highest BCUT2D eigenvalue weighted by atomic mass is 16.1. The van der Waals surface area contributed by atoms with E-state index in [1.807, 2.05) is 19.9 Å². The molecule has 1 rings (SSSR count). The van der Waals surface area contributed by atoms with Gasteiger partial charge in [0.05, 0.1) is 0 Å². The smallest absolute Gasteiger partial charge is 0.221 e. The number of allylic oxidation sites excluding steroid dienone is 3. The lowest BCUT2D eigenvalue weighted by Gasteiger charge is -2.17. The van der Waals surface area contributed by atoms with Gasteiger partial charge in [-0.25, -0.2) is 0 Å². The molecule has 0 spiro atoms. The predicted molar refractivity (Wildman–Crippen MR) is 54.4 cm³/mol. The minimum Gasteiger partial charge on any atom is -0.327 e. The third-order valence-corrected chi connectivity index (χ3v) is 1.95. The predicted octanol–water partition coefficient (Wildman–Crippen LogP) is 1.56. The molecule has 1 N–H and O–H groups in total. The van der Waals surface area contributed by atoms with E-state index in [0.717, 1.165) is 0 Å². The minimum absolute atomic E-state index is 0.0894. The van der Waals surface area contributed by atoms with Gasteiger partial charge in [-0.15, -0.1) is 0 Å². The molecule has 0 saturated carbocycles. The highest BCUT2D eigenvalue weighted by molar-refractivity contribution is 5.91. The molecule has 0 atom stereocenters. The normalized spacial score (nSPS) is 19.9. The first-order valence-corrected chi connectivity index (χ1v) is 4.60. The molecule has 0 aliphatic heterocycles. The van der Waals surface area contributed by atoms with E-state index in [9.17, 15) is 9.59 Å². The van der Waals surface area contributed by atoms with Crippen molar-refractivity contribution in [2.45, 2.75) is 27.2 Å². The lowest BCUT2D eigenvalue weighted by atomic mass is 9.87. The Bertz CT molecular complexity index is 324. The summed E-state index contributed by atoms with van der Waals surface area (Å²) >= 11 is 0. The maximum Gasteiger partial charge on any atom is 0.221 e. The van der Waals surface area contributed by atoms with Crippen LogP contribution in [0.1, 0.15) is 27.2 Å². The number of hydrogen-bond donors (Lipinski definition) is 1. The van der Waals surface area contributed by atoms with E-state index in [0.29, 0.717) is 12.1 Å². The van der Waals surface area contributed by atoms with E-state index in [1.54, 1.807) is 6.08 Å². The molecular formula is C11H15NO2. The van der Waals surface area contributed by atoms with Crippen LogP contribution in [-0.4, -0.2) is 11.7 Å². The van der Waals surface area contributed by atoms with Gasteiger partial charge in [-0.05, 0) is 17.6 Å². The summed E-state index contributed by atoms with van der Waals surface area (Å²) in [4.78, 5) is 22.1. The van der Waals surface area contributed by atoms with Crippen molar-refractivity contribution in [2.75, 3.05) is 0 Å². The van der Waals surface area contributed by atoms with Crippen molar-refractivity contribution < 1.29 is 9.59 Å². The zero-order chi connectivity index (χ0) is 10.8. The molecule has 1 aliphatic carbocycles. The van der Waals surface area contributed by atoms with Crippen LogP contribution in [0.2, 0.25) is 0 Å². The van der Waals surface area contributed by atoms with Gasteiger partial charge in [0, 0.05) is 19.0 Å². The van der Waals surface area contributed by atoms with Crippen LogP contribution in [0.4, 0.5) is 0 Å². The third-order valence-electron chi connectivity index (χ3n) is 1.95. The standard InChI is InChI=1S/C11H15NO2/c1-8(13)12-9-4-5-10(14)7-11(2,3)6-9/h4-6H,7H2,1-3H3,(H,12,13). The summed E-state index contributed by atoms with van der Waals surface area (Å²) < 4.78 is 0. The first-order chi connectivity index (χ1) is 6.39. The van der Waals surface area contributed by atoms with Crippen molar-refractivity contribution in [1.82, 2.24) is 5.32 Å². The third kappa shape index (κ3) is 3.17. The Labute approximate surface area is 83.9 Å². The van der Waals surface area contributed by atoms with Crippen molar-refractivity contribution >= 4 is 11.7 Å². The molecule has 3 heteroatoms. The number of rotatable bonds is 1. The fourth-order valence-corrected chi connectivity index (χ4v) is 1.49. The summed E-state index contributed by atoms with van der Waals surface area (Å²) in [6.07, 6.45) is 5.55. The summed E-state index contributed by atoms with van der Waals surface area (Å²) in [5.41, 5.74) is 0.506. The van der Waals surface area contributed by atoms with Gasteiger partial charge in [-0.3, -0.25) is 9.59 Å². The van der Waals surface area contributed by atoms with Crippen LogP contribution < -0.4 is 5.32 Å². The number of amides is 1. The first kappa shape index (κ1) is 10.7. The molecule has 0 bridgehead atoms. The van der Waals surface area contributed by atoms with Crippen molar-refractivity contribution in [1.29, 1.82) is 0 Å². The molecule has 76 valence electrons. The molecule has 0 radical (unpaired) electrons. The molecule has 0 heterocycles. The van der Waals surface area contributed by atoms with Gasteiger partial charge in [0.25, 0.3) is 0 Å². The molecule has 0 unspecified atom stereocenters. The van der Waals surface area contributed by atoms with E-state index in [2.05, 4.69) is 5.32 Å². The Morgan fingerprint density at radius 1 is 1.43 bits per heavy atom. The fourth-order valence-electron chi connectivity index (χ4n) is 1.49. The lowest BCUT2D eigenvalue weighted by Crippen LogP contribution is -2.20. The summed E-state index contributed by atoms with van der Waals surface area (Å²) in [7, 11) is 0. The molecule has 0 aromatic rings. The maximum absolute atomic E-state index is 11.3. The number of carbonyl (C=O) groups is 2. The monoisotopic (exact) mass is 193 g/mol. The van der Waals surface area contributed by atoms with Crippen molar-refractivity contribution in [2.24, 2.45) is 5.41 Å². The maximum atomic E-state index is 11.3. The Balaban J connectivity index is 2.91. The quantitative estimate of drug-likeness (QED) is 0.687. The Hall–Kier alpha value is -1.38. The number of carbonyl (C=O) groups excluding carboxylic acids is 2. The number of hydrogen-bond acceptors (Lipinski definition) is 2. The van der Waals surface area contributed by atoms with Crippen LogP contribution >= 0.6 is 0 Å². The molecule has 1 aliphatic rings. The zero-order valence-electron chi connectivity index (χ0n) is 8.76. The van der Waals surface area contributed by atoms with Gasteiger partial charge < -0.3 is 5.32 Å². The molecule has 0 aromatic heterocycles. The topological polar surface area (TPSA) is 46.2 Å². The van der Waals surface area contributed by atoms with Crippen LogP contribution in [0, 0.1) is 5.41 Å². The second-order valence-corrected chi connectivity index (χ2v) is 4.25. The van der Waals surface area contributed by atoms with Crippen LogP contribution in [0.5, 0.6) is 0 Å². The number of ketones is 1. The van der Waals surface area contributed by atoms with E-state index in [-0.39, 0.29) is 17.1 Å². The zero-order valence-corrected chi connectivity index (χ0v) is 8.76.